The second-order valence-corrected chi connectivity index (χ2v) is 8.31. The van der Waals surface area contributed by atoms with Crippen molar-refractivity contribution in [1.82, 2.24) is 9.91 Å². The highest BCUT2D eigenvalue weighted by Crippen LogP contribution is 2.33. The summed E-state index contributed by atoms with van der Waals surface area (Å²) in [5.41, 5.74) is 1.58. The standard InChI is InChI=1S/C22H23N3O6S/c1-29-16-6-4-15(5-7-16)17-13-18(19-3-2-11-30-19)25(23-17)20(26)14-31-21(27)8-9-24-10-12-32-22(24)28/h2-7,11,18H,8-10,12-14H2,1H3. The third kappa shape index (κ3) is 4.96. The van der Waals surface area contributed by atoms with Crippen molar-refractivity contribution in [1.29, 1.82) is 0 Å². The van der Waals surface area contributed by atoms with Crippen LogP contribution in [0, 0.1) is 0 Å². The van der Waals surface area contributed by atoms with Crippen LogP contribution >= 0.6 is 11.8 Å². The van der Waals surface area contributed by atoms with E-state index in [9.17, 15) is 14.4 Å². The highest BCUT2D eigenvalue weighted by molar-refractivity contribution is 8.13. The van der Waals surface area contributed by atoms with Crippen molar-refractivity contribution in [2.24, 2.45) is 5.10 Å². The maximum atomic E-state index is 12.9. The number of nitrogens with zero attached hydrogens (tertiary/aromatic N) is 3. The van der Waals surface area contributed by atoms with Gasteiger partial charge in [0.2, 0.25) is 0 Å². The van der Waals surface area contributed by atoms with Crippen LogP contribution in [0.5, 0.6) is 5.75 Å². The maximum absolute atomic E-state index is 12.9. The van der Waals surface area contributed by atoms with Gasteiger partial charge in [0, 0.05) is 25.3 Å². The fourth-order valence-corrected chi connectivity index (χ4v) is 4.39. The van der Waals surface area contributed by atoms with Gasteiger partial charge in [-0.2, -0.15) is 5.10 Å². The minimum absolute atomic E-state index is 0.0346. The minimum Gasteiger partial charge on any atom is -0.497 e. The molecule has 1 aromatic carbocycles. The van der Waals surface area contributed by atoms with Gasteiger partial charge in [-0.15, -0.1) is 0 Å². The molecule has 2 aliphatic rings. The van der Waals surface area contributed by atoms with Gasteiger partial charge < -0.3 is 18.8 Å². The van der Waals surface area contributed by atoms with Gasteiger partial charge in [0.25, 0.3) is 11.1 Å². The van der Waals surface area contributed by atoms with Crippen LogP contribution in [0.4, 0.5) is 4.79 Å². The first-order chi connectivity index (χ1) is 15.5. The summed E-state index contributed by atoms with van der Waals surface area (Å²) in [6, 6.07) is 10.5. The molecule has 32 heavy (non-hydrogen) atoms. The molecule has 4 rings (SSSR count). The molecule has 0 aliphatic carbocycles. The Labute approximate surface area is 189 Å². The van der Waals surface area contributed by atoms with Crippen LogP contribution in [0.15, 0.2) is 52.2 Å². The average molecular weight is 458 g/mol. The SMILES string of the molecule is COc1ccc(C2=NN(C(=O)COC(=O)CCN3CCSC3=O)C(c3ccco3)C2)cc1. The summed E-state index contributed by atoms with van der Waals surface area (Å²) in [6.45, 7) is 0.479. The summed E-state index contributed by atoms with van der Waals surface area (Å²) in [7, 11) is 1.60. The first-order valence-corrected chi connectivity index (χ1v) is 11.2. The molecule has 1 fully saturated rings. The number of hydrazone groups is 1. The molecule has 0 bridgehead atoms. The Kier molecular flexibility index (Phi) is 6.79. The van der Waals surface area contributed by atoms with Crippen LogP contribution < -0.4 is 4.74 Å². The molecular formula is C22H23N3O6S. The van der Waals surface area contributed by atoms with Crippen LogP contribution in [0.2, 0.25) is 0 Å². The third-order valence-electron chi connectivity index (χ3n) is 5.25. The Morgan fingerprint density at radius 1 is 1.25 bits per heavy atom. The minimum atomic E-state index is -0.531. The van der Waals surface area contributed by atoms with E-state index in [1.807, 2.05) is 24.3 Å². The zero-order valence-electron chi connectivity index (χ0n) is 17.6. The van der Waals surface area contributed by atoms with Gasteiger partial charge in [-0.05, 0) is 42.0 Å². The van der Waals surface area contributed by atoms with Gasteiger partial charge in [-0.3, -0.25) is 14.4 Å². The van der Waals surface area contributed by atoms with Crippen LogP contribution in [-0.4, -0.2) is 65.3 Å². The summed E-state index contributed by atoms with van der Waals surface area (Å²) < 4.78 is 15.9. The van der Waals surface area contributed by atoms with Crippen LogP contribution in [0.1, 0.15) is 30.2 Å². The highest BCUT2D eigenvalue weighted by atomic mass is 32.2. The van der Waals surface area contributed by atoms with Gasteiger partial charge in [0.1, 0.15) is 17.6 Å². The smallest absolute Gasteiger partial charge is 0.308 e. The summed E-state index contributed by atoms with van der Waals surface area (Å²) >= 11 is 1.23. The Morgan fingerprint density at radius 3 is 2.72 bits per heavy atom. The third-order valence-corrected chi connectivity index (χ3v) is 6.14. The monoisotopic (exact) mass is 457 g/mol. The maximum Gasteiger partial charge on any atom is 0.308 e. The van der Waals surface area contributed by atoms with Crippen LogP contribution in [0.25, 0.3) is 0 Å². The largest absolute Gasteiger partial charge is 0.497 e. The second-order valence-electron chi connectivity index (χ2n) is 7.26. The highest BCUT2D eigenvalue weighted by Gasteiger charge is 2.35. The zero-order chi connectivity index (χ0) is 22.5. The number of furan rings is 1. The zero-order valence-corrected chi connectivity index (χ0v) is 18.4. The van der Waals surface area contributed by atoms with E-state index in [0.29, 0.717) is 18.7 Å². The molecule has 2 amide bonds. The van der Waals surface area contributed by atoms with Crippen molar-refractivity contribution in [3.8, 4) is 5.75 Å². The molecule has 0 spiro atoms. The van der Waals surface area contributed by atoms with E-state index in [4.69, 9.17) is 13.9 Å². The van der Waals surface area contributed by atoms with Gasteiger partial charge in [0.15, 0.2) is 6.61 Å². The number of ether oxygens (including phenoxy) is 2. The fraction of sp³-hybridized carbons (Fsp3) is 0.364. The van der Waals surface area contributed by atoms with E-state index in [2.05, 4.69) is 5.10 Å². The average Bonchev–Trinajstić information content (AvgIpc) is 3.56. The molecule has 0 saturated carbocycles. The van der Waals surface area contributed by atoms with Crippen molar-refractivity contribution in [2.45, 2.75) is 18.9 Å². The summed E-state index contributed by atoms with van der Waals surface area (Å²) in [4.78, 5) is 38.1. The number of hydrogen-bond acceptors (Lipinski definition) is 8. The van der Waals surface area contributed by atoms with E-state index in [1.165, 1.54) is 16.8 Å². The molecule has 168 valence electrons. The number of benzene rings is 1. The van der Waals surface area contributed by atoms with Crippen LogP contribution in [0.3, 0.4) is 0 Å². The number of amides is 2. The van der Waals surface area contributed by atoms with Crippen LogP contribution in [-0.2, 0) is 14.3 Å². The molecule has 10 heteroatoms. The molecule has 2 aromatic rings. The lowest BCUT2D eigenvalue weighted by atomic mass is 10.0. The topological polar surface area (TPSA) is 102 Å². The molecule has 1 aromatic heterocycles. The van der Waals surface area contributed by atoms with E-state index in [-0.39, 0.29) is 18.2 Å². The van der Waals surface area contributed by atoms with Crippen molar-refractivity contribution >= 4 is 34.6 Å². The van der Waals surface area contributed by atoms with Crippen molar-refractivity contribution in [3.63, 3.8) is 0 Å². The number of carbonyl (C=O) groups is 3. The number of thioether (sulfide) groups is 1. The first kappa shape index (κ1) is 21.9. The molecule has 0 N–H and O–H groups in total. The predicted molar refractivity (Wildman–Crippen MR) is 117 cm³/mol. The number of hydrogen-bond donors (Lipinski definition) is 0. The molecule has 3 heterocycles. The Balaban J connectivity index is 1.39. The summed E-state index contributed by atoms with van der Waals surface area (Å²) in [5.74, 6) is 1.07. The summed E-state index contributed by atoms with van der Waals surface area (Å²) in [6.07, 6.45) is 2.05. The Hall–Kier alpha value is -3.27. The molecule has 1 saturated heterocycles. The number of esters is 1. The quantitative estimate of drug-likeness (QED) is 0.562. The first-order valence-electron chi connectivity index (χ1n) is 10.2. The van der Waals surface area contributed by atoms with Gasteiger partial charge in [0.05, 0.1) is 25.5 Å². The van der Waals surface area contributed by atoms with Gasteiger partial charge in [-0.1, -0.05) is 11.8 Å². The lowest BCUT2D eigenvalue weighted by molar-refractivity contribution is -0.153. The molecular weight excluding hydrogens is 434 g/mol. The van der Waals surface area contributed by atoms with Crippen molar-refractivity contribution < 1.29 is 28.3 Å². The molecule has 9 nitrogen and oxygen atoms in total. The molecule has 1 unspecified atom stereocenters. The molecule has 0 radical (unpaired) electrons. The van der Waals surface area contributed by atoms with E-state index < -0.39 is 24.5 Å². The summed E-state index contributed by atoms with van der Waals surface area (Å²) in [5, 5.41) is 5.78. The second kappa shape index (κ2) is 9.90. The van der Waals surface area contributed by atoms with E-state index in [0.717, 1.165) is 22.8 Å². The predicted octanol–water partition coefficient (Wildman–Crippen LogP) is 3.07. The van der Waals surface area contributed by atoms with E-state index in [1.54, 1.807) is 30.4 Å². The van der Waals surface area contributed by atoms with E-state index >= 15 is 0 Å². The van der Waals surface area contributed by atoms with Crippen molar-refractivity contribution in [2.75, 3.05) is 32.6 Å². The normalized spacial score (nSPS) is 18.1. The van der Waals surface area contributed by atoms with Crippen molar-refractivity contribution in [3.05, 3.63) is 54.0 Å². The Bertz CT molecular complexity index is 1010. The van der Waals surface area contributed by atoms with Gasteiger partial charge in [-0.25, -0.2) is 5.01 Å². The lowest BCUT2D eigenvalue weighted by Crippen LogP contribution is -2.32. The number of rotatable bonds is 8. The molecule has 2 aliphatic heterocycles. The fourth-order valence-electron chi connectivity index (χ4n) is 3.54. The Morgan fingerprint density at radius 2 is 2.06 bits per heavy atom. The van der Waals surface area contributed by atoms with Gasteiger partial charge >= 0.3 is 5.97 Å². The number of methoxy groups -OCH3 is 1. The lowest BCUT2D eigenvalue weighted by Gasteiger charge is -2.20. The number of carbonyl (C=O) groups excluding carboxylic acids is 3. The molecule has 1 atom stereocenters.